The van der Waals surface area contributed by atoms with Crippen LogP contribution in [0.25, 0.3) is 0 Å². The number of anilines is 1. The van der Waals surface area contributed by atoms with Gasteiger partial charge in [0.2, 0.25) is 11.1 Å². The smallest absolute Gasteiger partial charge is 0.227 e. The van der Waals surface area contributed by atoms with Crippen molar-refractivity contribution in [1.82, 2.24) is 14.8 Å². The quantitative estimate of drug-likeness (QED) is 0.370. The summed E-state index contributed by atoms with van der Waals surface area (Å²) >= 11 is 7.60. The second-order valence-corrected chi connectivity index (χ2v) is 10.0. The zero-order valence-electron chi connectivity index (χ0n) is 19.7. The highest BCUT2D eigenvalue weighted by Crippen LogP contribution is 2.42. The molecule has 1 aliphatic carbocycles. The number of hydrogen-bond acceptors (Lipinski definition) is 7. The summed E-state index contributed by atoms with van der Waals surface area (Å²) in [5.41, 5.74) is 3.62. The Morgan fingerprint density at radius 1 is 1.17 bits per heavy atom. The van der Waals surface area contributed by atoms with E-state index >= 15 is 0 Å². The van der Waals surface area contributed by atoms with Crippen molar-refractivity contribution in [2.75, 3.05) is 18.2 Å². The summed E-state index contributed by atoms with van der Waals surface area (Å²) in [6, 6.07) is 13.0. The zero-order chi connectivity index (χ0) is 24.4. The second kappa shape index (κ2) is 10.3. The van der Waals surface area contributed by atoms with Crippen molar-refractivity contribution in [3.63, 3.8) is 0 Å². The number of benzene rings is 2. The molecule has 2 aliphatic rings. The fourth-order valence-corrected chi connectivity index (χ4v) is 5.22. The van der Waals surface area contributed by atoms with Crippen LogP contribution in [0.1, 0.15) is 49.8 Å². The molecule has 1 unspecified atom stereocenters. The van der Waals surface area contributed by atoms with E-state index in [-0.39, 0.29) is 11.8 Å². The maximum atomic E-state index is 13.1. The average Bonchev–Trinajstić information content (AvgIpc) is 3.28. The van der Waals surface area contributed by atoms with Gasteiger partial charge in [-0.3, -0.25) is 4.79 Å². The highest BCUT2D eigenvalue weighted by atomic mass is 35.5. The van der Waals surface area contributed by atoms with Crippen LogP contribution in [0.5, 0.6) is 11.5 Å². The Kier molecular flexibility index (Phi) is 7.02. The van der Waals surface area contributed by atoms with E-state index < -0.39 is 0 Å². The summed E-state index contributed by atoms with van der Waals surface area (Å²) in [5, 5.41) is 9.54. The lowest BCUT2D eigenvalue weighted by Gasteiger charge is -2.32. The van der Waals surface area contributed by atoms with Crippen LogP contribution in [0.2, 0.25) is 5.02 Å². The third-order valence-electron chi connectivity index (χ3n) is 6.09. The van der Waals surface area contributed by atoms with E-state index in [4.69, 9.17) is 31.2 Å². The number of Topliss-reactive ketones (excluding diaryl/α,β-unsaturated/α-hetero) is 1. The molecule has 0 amide bonds. The maximum absolute atomic E-state index is 13.1. The van der Waals surface area contributed by atoms with E-state index in [9.17, 15) is 4.79 Å². The Morgan fingerprint density at radius 3 is 2.77 bits per heavy atom. The number of aromatic nitrogens is 3. The van der Waals surface area contributed by atoms with Crippen LogP contribution >= 0.6 is 23.4 Å². The predicted octanol–water partition coefficient (Wildman–Crippen LogP) is 6.04. The molecule has 0 fully saturated rings. The minimum atomic E-state index is -0.364. The summed E-state index contributed by atoms with van der Waals surface area (Å²) in [4.78, 5) is 17.8. The van der Waals surface area contributed by atoms with Gasteiger partial charge in [0, 0.05) is 28.5 Å². The minimum Gasteiger partial charge on any atom is -0.493 e. The first-order valence-electron chi connectivity index (χ1n) is 11.7. The van der Waals surface area contributed by atoms with Gasteiger partial charge in [-0.2, -0.15) is 4.98 Å². The standard InChI is InChI=1S/C26H27ClN4O3S/c1-3-13-35-26-29-25-28-19-5-4-6-20(32)23(19)24(31(25)30-26)17-9-12-21(22(14-17)33-2)34-15-16-7-10-18(27)11-8-16/h7-12,14,24H,3-6,13,15H2,1-2H3,(H,28,29,30). The van der Waals surface area contributed by atoms with Crippen molar-refractivity contribution < 1.29 is 14.3 Å². The topological polar surface area (TPSA) is 78.3 Å². The number of carbonyl (C=O) groups is 1. The predicted molar refractivity (Wildman–Crippen MR) is 137 cm³/mol. The number of ketones is 1. The van der Waals surface area contributed by atoms with Gasteiger partial charge in [-0.25, -0.2) is 4.68 Å². The Balaban J connectivity index is 1.49. The Bertz CT molecular complexity index is 1270. The van der Waals surface area contributed by atoms with E-state index in [0.29, 0.717) is 40.7 Å². The number of hydrogen-bond donors (Lipinski definition) is 1. The monoisotopic (exact) mass is 510 g/mol. The molecule has 2 aromatic carbocycles. The number of carbonyl (C=O) groups excluding carboxylic acids is 1. The number of nitrogens with one attached hydrogen (secondary N) is 1. The van der Waals surface area contributed by atoms with E-state index in [1.54, 1.807) is 18.9 Å². The minimum absolute atomic E-state index is 0.148. The molecule has 1 aromatic heterocycles. The van der Waals surface area contributed by atoms with Crippen LogP contribution in [0.4, 0.5) is 5.95 Å². The summed E-state index contributed by atoms with van der Waals surface area (Å²) in [6.07, 6.45) is 3.23. The molecular formula is C26H27ClN4O3S. The number of rotatable bonds is 8. The number of ether oxygens (including phenoxy) is 2. The molecule has 0 bridgehead atoms. The molecule has 1 atom stereocenters. The van der Waals surface area contributed by atoms with Gasteiger partial charge in [0.15, 0.2) is 17.3 Å². The maximum Gasteiger partial charge on any atom is 0.227 e. The number of halogens is 1. The molecule has 1 N–H and O–H groups in total. The third kappa shape index (κ3) is 4.90. The van der Waals surface area contributed by atoms with Crippen molar-refractivity contribution in [2.24, 2.45) is 0 Å². The van der Waals surface area contributed by atoms with Crippen LogP contribution in [-0.2, 0) is 11.4 Å². The molecule has 0 saturated carbocycles. The van der Waals surface area contributed by atoms with Crippen LogP contribution in [0.15, 0.2) is 58.9 Å². The molecule has 7 nitrogen and oxygen atoms in total. The first kappa shape index (κ1) is 23.8. The Morgan fingerprint density at radius 2 is 2.00 bits per heavy atom. The molecule has 0 saturated heterocycles. The first-order chi connectivity index (χ1) is 17.1. The SMILES string of the molecule is CCCSc1nc2n(n1)C(c1ccc(OCc3ccc(Cl)cc3)c(OC)c1)C1=C(CCCC1=O)N2. The lowest BCUT2D eigenvalue weighted by atomic mass is 9.85. The zero-order valence-corrected chi connectivity index (χ0v) is 21.3. The van der Waals surface area contributed by atoms with Crippen molar-refractivity contribution >= 4 is 35.1 Å². The van der Waals surface area contributed by atoms with Gasteiger partial charge in [-0.1, -0.05) is 48.5 Å². The summed E-state index contributed by atoms with van der Waals surface area (Å²) in [6.45, 7) is 2.52. The molecule has 9 heteroatoms. The molecule has 0 spiro atoms. The van der Waals surface area contributed by atoms with Crippen LogP contribution in [0.3, 0.4) is 0 Å². The third-order valence-corrected chi connectivity index (χ3v) is 7.39. The van der Waals surface area contributed by atoms with Crippen LogP contribution < -0.4 is 14.8 Å². The van der Waals surface area contributed by atoms with Crippen LogP contribution in [-0.4, -0.2) is 33.4 Å². The fraction of sp³-hybridized carbons (Fsp3) is 0.346. The van der Waals surface area contributed by atoms with Crippen molar-refractivity contribution in [3.05, 3.63) is 69.9 Å². The van der Waals surface area contributed by atoms with Gasteiger partial charge in [0.05, 0.1) is 7.11 Å². The molecule has 35 heavy (non-hydrogen) atoms. The van der Waals surface area contributed by atoms with Crippen molar-refractivity contribution in [1.29, 1.82) is 0 Å². The molecular weight excluding hydrogens is 484 g/mol. The lowest BCUT2D eigenvalue weighted by molar-refractivity contribution is -0.116. The molecule has 1 aliphatic heterocycles. The van der Waals surface area contributed by atoms with E-state index in [1.165, 1.54) is 0 Å². The van der Waals surface area contributed by atoms with E-state index in [0.717, 1.165) is 47.4 Å². The van der Waals surface area contributed by atoms with E-state index in [1.807, 2.05) is 47.1 Å². The van der Waals surface area contributed by atoms with Gasteiger partial charge in [0.1, 0.15) is 12.6 Å². The highest BCUT2D eigenvalue weighted by Gasteiger charge is 2.37. The molecule has 2 heterocycles. The summed E-state index contributed by atoms with van der Waals surface area (Å²) in [5.74, 6) is 2.98. The fourth-order valence-electron chi connectivity index (χ4n) is 4.41. The molecule has 182 valence electrons. The number of thioether (sulfide) groups is 1. The Hall–Kier alpha value is -2.97. The summed E-state index contributed by atoms with van der Waals surface area (Å²) < 4.78 is 13.6. The number of fused-ring (bicyclic) bond motifs is 1. The van der Waals surface area contributed by atoms with Gasteiger partial charge in [-0.05, 0) is 54.7 Å². The van der Waals surface area contributed by atoms with Gasteiger partial charge < -0.3 is 14.8 Å². The molecule has 5 rings (SSSR count). The van der Waals surface area contributed by atoms with Gasteiger partial charge in [0.25, 0.3) is 0 Å². The highest BCUT2D eigenvalue weighted by molar-refractivity contribution is 7.99. The molecule has 3 aromatic rings. The number of nitrogens with zero attached hydrogens (tertiary/aromatic N) is 3. The number of allylic oxidation sites excluding steroid dienone is 2. The average molecular weight is 511 g/mol. The molecule has 0 radical (unpaired) electrons. The van der Waals surface area contributed by atoms with Crippen molar-refractivity contribution in [3.8, 4) is 11.5 Å². The first-order valence-corrected chi connectivity index (χ1v) is 13.1. The normalized spacial score (nSPS) is 17.0. The largest absolute Gasteiger partial charge is 0.493 e. The Labute approximate surface area is 213 Å². The number of methoxy groups -OCH3 is 1. The summed E-state index contributed by atoms with van der Waals surface area (Å²) in [7, 11) is 1.62. The van der Waals surface area contributed by atoms with Crippen molar-refractivity contribution in [2.45, 2.75) is 50.4 Å². The second-order valence-electron chi connectivity index (χ2n) is 8.53. The van der Waals surface area contributed by atoms with Gasteiger partial charge >= 0.3 is 0 Å². The van der Waals surface area contributed by atoms with E-state index in [2.05, 4.69) is 12.2 Å². The van der Waals surface area contributed by atoms with Crippen LogP contribution in [0, 0.1) is 0 Å². The lowest BCUT2D eigenvalue weighted by Crippen LogP contribution is -2.31. The van der Waals surface area contributed by atoms with Gasteiger partial charge in [-0.15, -0.1) is 5.10 Å².